The van der Waals surface area contributed by atoms with Gasteiger partial charge in [-0.1, -0.05) is 6.07 Å². The number of sulfonamides is 1. The first-order chi connectivity index (χ1) is 8.95. The SMILES string of the molecule is O=S(=O)(Nc1ccc(F)c(CO)c1F)c1cccs1. The molecule has 0 amide bonds. The smallest absolute Gasteiger partial charge is 0.271 e. The zero-order valence-corrected chi connectivity index (χ0v) is 11.1. The number of aliphatic hydroxyl groups excluding tert-OH is 1. The van der Waals surface area contributed by atoms with Crippen LogP contribution in [0.15, 0.2) is 33.9 Å². The second-order valence-electron chi connectivity index (χ2n) is 3.58. The maximum Gasteiger partial charge on any atom is 0.271 e. The van der Waals surface area contributed by atoms with Crippen molar-refractivity contribution in [1.82, 2.24) is 0 Å². The quantitative estimate of drug-likeness (QED) is 0.911. The van der Waals surface area contributed by atoms with Crippen LogP contribution in [0, 0.1) is 11.6 Å². The molecule has 2 N–H and O–H groups in total. The molecule has 102 valence electrons. The number of nitrogens with one attached hydrogen (secondary N) is 1. The number of anilines is 1. The van der Waals surface area contributed by atoms with E-state index < -0.39 is 39.5 Å². The van der Waals surface area contributed by atoms with Gasteiger partial charge in [-0.25, -0.2) is 17.2 Å². The second kappa shape index (κ2) is 5.24. The lowest BCUT2D eigenvalue weighted by Gasteiger charge is -2.10. The Bertz CT molecular complexity index is 684. The van der Waals surface area contributed by atoms with Gasteiger partial charge < -0.3 is 5.11 Å². The third-order valence-corrected chi connectivity index (χ3v) is 5.11. The minimum absolute atomic E-state index is 0.0155. The minimum atomic E-state index is -3.91. The van der Waals surface area contributed by atoms with Crippen molar-refractivity contribution in [2.45, 2.75) is 10.8 Å². The monoisotopic (exact) mass is 305 g/mol. The van der Waals surface area contributed by atoms with Crippen molar-refractivity contribution in [1.29, 1.82) is 0 Å². The molecule has 19 heavy (non-hydrogen) atoms. The fraction of sp³-hybridized carbons (Fsp3) is 0.0909. The van der Waals surface area contributed by atoms with Crippen LogP contribution >= 0.6 is 11.3 Å². The Morgan fingerprint density at radius 3 is 2.58 bits per heavy atom. The molecule has 0 aliphatic rings. The summed E-state index contributed by atoms with van der Waals surface area (Å²) in [6.07, 6.45) is 0. The number of hydrogen-bond acceptors (Lipinski definition) is 4. The van der Waals surface area contributed by atoms with Gasteiger partial charge in [-0.05, 0) is 23.6 Å². The van der Waals surface area contributed by atoms with Crippen LogP contribution in [0.1, 0.15) is 5.56 Å². The van der Waals surface area contributed by atoms with E-state index in [0.29, 0.717) is 0 Å². The van der Waals surface area contributed by atoms with E-state index >= 15 is 0 Å². The highest BCUT2D eigenvalue weighted by molar-refractivity contribution is 7.94. The summed E-state index contributed by atoms with van der Waals surface area (Å²) in [7, 11) is -3.91. The van der Waals surface area contributed by atoms with Gasteiger partial charge in [0, 0.05) is 0 Å². The topological polar surface area (TPSA) is 66.4 Å². The Labute approximate surface area is 112 Å². The molecule has 2 aromatic rings. The first kappa shape index (κ1) is 13.9. The van der Waals surface area contributed by atoms with E-state index in [4.69, 9.17) is 5.11 Å². The average molecular weight is 305 g/mol. The molecule has 0 aliphatic carbocycles. The van der Waals surface area contributed by atoms with E-state index in [1.54, 1.807) is 11.4 Å². The number of rotatable bonds is 4. The first-order valence-corrected chi connectivity index (χ1v) is 7.46. The van der Waals surface area contributed by atoms with Gasteiger partial charge in [0.1, 0.15) is 10.0 Å². The van der Waals surface area contributed by atoms with Crippen molar-refractivity contribution in [3.8, 4) is 0 Å². The van der Waals surface area contributed by atoms with E-state index in [-0.39, 0.29) is 4.21 Å². The first-order valence-electron chi connectivity index (χ1n) is 5.10. The lowest BCUT2D eigenvalue weighted by molar-refractivity contribution is 0.269. The van der Waals surface area contributed by atoms with Gasteiger partial charge in [0.15, 0.2) is 5.82 Å². The van der Waals surface area contributed by atoms with Gasteiger partial charge in [0.05, 0.1) is 17.9 Å². The summed E-state index contributed by atoms with van der Waals surface area (Å²) in [5.74, 6) is -2.05. The highest BCUT2D eigenvalue weighted by atomic mass is 32.2. The molecule has 0 saturated heterocycles. The molecule has 0 unspecified atom stereocenters. The standard InChI is InChI=1S/C11H9F2NO3S2/c12-8-3-4-9(11(13)7(8)6-15)14-19(16,17)10-2-1-5-18-10/h1-5,14-15H,6H2. The van der Waals surface area contributed by atoms with Crippen molar-refractivity contribution in [2.24, 2.45) is 0 Å². The molecular formula is C11H9F2NO3S2. The fourth-order valence-electron chi connectivity index (χ4n) is 1.43. The summed E-state index contributed by atoms with van der Waals surface area (Å²) in [5, 5.41) is 10.4. The molecule has 0 spiro atoms. The Morgan fingerprint density at radius 2 is 2.00 bits per heavy atom. The molecule has 0 bridgehead atoms. The fourth-order valence-corrected chi connectivity index (χ4v) is 3.49. The molecule has 0 saturated carbocycles. The summed E-state index contributed by atoms with van der Waals surface area (Å²) in [6, 6.07) is 4.76. The van der Waals surface area contributed by atoms with Gasteiger partial charge >= 0.3 is 0 Å². The Balaban J connectivity index is 2.40. The lowest BCUT2D eigenvalue weighted by atomic mass is 10.2. The molecular weight excluding hydrogens is 296 g/mol. The van der Waals surface area contributed by atoms with Crippen molar-refractivity contribution in [2.75, 3.05) is 4.72 Å². The third-order valence-electron chi connectivity index (χ3n) is 2.35. The zero-order chi connectivity index (χ0) is 14.0. The van der Waals surface area contributed by atoms with E-state index in [1.165, 1.54) is 6.07 Å². The zero-order valence-electron chi connectivity index (χ0n) is 9.43. The van der Waals surface area contributed by atoms with Crippen LogP contribution in [-0.2, 0) is 16.6 Å². The average Bonchev–Trinajstić information content (AvgIpc) is 2.88. The molecule has 4 nitrogen and oxygen atoms in total. The molecule has 1 aromatic heterocycles. The number of thiophene rings is 1. The van der Waals surface area contributed by atoms with E-state index in [0.717, 1.165) is 23.5 Å². The maximum absolute atomic E-state index is 13.8. The predicted octanol–water partition coefficient (Wildman–Crippen LogP) is 2.32. The van der Waals surface area contributed by atoms with E-state index in [2.05, 4.69) is 0 Å². The lowest BCUT2D eigenvalue weighted by Crippen LogP contribution is -2.13. The second-order valence-corrected chi connectivity index (χ2v) is 6.44. The van der Waals surface area contributed by atoms with Crippen molar-refractivity contribution < 1.29 is 22.3 Å². The predicted molar refractivity (Wildman–Crippen MR) is 67.4 cm³/mol. The molecule has 0 fully saturated rings. The summed E-state index contributed by atoms with van der Waals surface area (Å²) < 4.78 is 52.7. The molecule has 1 heterocycles. The Kier molecular flexibility index (Phi) is 3.83. The van der Waals surface area contributed by atoms with Crippen LogP contribution < -0.4 is 4.72 Å². The number of benzene rings is 1. The molecule has 0 atom stereocenters. The third kappa shape index (κ3) is 2.75. The molecule has 8 heteroatoms. The van der Waals surface area contributed by atoms with E-state index in [1.807, 2.05) is 4.72 Å². The van der Waals surface area contributed by atoms with Gasteiger partial charge in [0.25, 0.3) is 10.0 Å². The summed E-state index contributed by atoms with van der Waals surface area (Å²) in [6.45, 7) is -0.855. The Hall–Kier alpha value is -1.51. The van der Waals surface area contributed by atoms with E-state index in [9.17, 15) is 17.2 Å². The van der Waals surface area contributed by atoms with Crippen LogP contribution in [-0.4, -0.2) is 13.5 Å². The number of aliphatic hydroxyl groups is 1. The van der Waals surface area contributed by atoms with Gasteiger partial charge in [-0.15, -0.1) is 11.3 Å². The van der Waals surface area contributed by atoms with Gasteiger partial charge in [0.2, 0.25) is 0 Å². The Morgan fingerprint density at radius 1 is 1.26 bits per heavy atom. The molecule has 2 rings (SSSR count). The summed E-state index contributed by atoms with van der Waals surface area (Å²) in [5.41, 5.74) is -0.981. The van der Waals surface area contributed by atoms with Crippen LogP contribution in [0.3, 0.4) is 0 Å². The summed E-state index contributed by atoms with van der Waals surface area (Å²) in [4.78, 5) is 0. The largest absolute Gasteiger partial charge is 0.391 e. The van der Waals surface area contributed by atoms with Crippen LogP contribution in [0.2, 0.25) is 0 Å². The van der Waals surface area contributed by atoms with Crippen molar-refractivity contribution >= 4 is 27.0 Å². The van der Waals surface area contributed by atoms with Crippen molar-refractivity contribution in [3.63, 3.8) is 0 Å². The normalized spacial score (nSPS) is 11.5. The van der Waals surface area contributed by atoms with Gasteiger partial charge in [-0.2, -0.15) is 0 Å². The van der Waals surface area contributed by atoms with Crippen LogP contribution in [0.4, 0.5) is 14.5 Å². The number of hydrogen-bond donors (Lipinski definition) is 2. The van der Waals surface area contributed by atoms with Crippen LogP contribution in [0.5, 0.6) is 0 Å². The minimum Gasteiger partial charge on any atom is -0.391 e. The summed E-state index contributed by atoms with van der Waals surface area (Å²) >= 11 is 0.972. The van der Waals surface area contributed by atoms with Crippen molar-refractivity contribution in [3.05, 3.63) is 46.8 Å². The maximum atomic E-state index is 13.8. The highest BCUT2D eigenvalue weighted by Crippen LogP contribution is 2.25. The van der Waals surface area contributed by atoms with Gasteiger partial charge in [-0.3, -0.25) is 4.72 Å². The van der Waals surface area contributed by atoms with Crippen LogP contribution in [0.25, 0.3) is 0 Å². The molecule has 0 radical (unpaired) electrons. The molecule has 1 aromatic carbocycles. The number of halogens is 2. The highest BCUT2D eigenvalue weighted by Gasteiger charge is 2.20. The molecule has 0 aliphatic heterocycles.